The highest BCUT2D eigenvalue weighted by atomic mass is 35.5. The number of amides is 2. The molecule has 9 heteroatoms. The van der Waals surface area contributed by atoms with Gasteiger partial charge in [-0.2, -0.15) is 13.2 Å². The van der Waals surface area contributed by atoms with Crippen molar-refractivity contribution in [3.05, 3.63) is 28.8 Å². The van der Waals surface area contributed by atoms with Crippen molar-refractivity contribution in [1.29, 1.82) is 0 Å². The molecule has 0 bridgehead atoms. The van der Waals surface area contributed by atoms with Gasteiger partial charge in [0.05, 0.1) is 17.7 Å². The van der Waals surface area contributed by atoms with Crippen molar-refractivity contribution in [1.82, 2.24) is 4.90 Å². The Labute approximate surface area is 123 Å². The molecule has 0 aliphatic heterocycles. The van der Waals surface area contributed by atoms with Crippen LogP contribution in [0, 0.1) is 0 Å². The molecule has 1 rings (SSSR count). The van der Waals surface area contributed by atoms with Crippen LogP contribution in [0.4, 0.5) is 23.7 Å². The number of halogens is 4. The highest BCUT2D eigenvalue weighted by Crippen LogP contribution is 2.22. The Morgan fingerprint density at radius 3 is 2.52 bits per heavy atom. The largest absolute Gasteiger partial charge is 0.478 e. The number of carbonyl (C=O) groups is 2. The lowest BCUT2D eigenvalue weighted by atomic mass is 10.2. The van der Waals surface area contributed by atoms with Gasteiger partial charge in [-0.1, -0.05) is 11.6 Å². The maximum absolute atomic E-state index is 12.1. The topological polar surface area (TPSA) is 69.6 Å². The number of rotatable bonds is 4. The number of hydrogen-bond acceptors (Lipinski definition) is 2. The molecule has 2 amide bonds. The molecular weight excluding hydrogens is 313 g/mol. The number of nitrogens with zero attached hydrogens (tertiary/aromatic N) is 1. The SMILES string of the molecule is CN(CCC(F)(F)F)C(=O)Nc1cc(Cl)ccc1C(=O)O. The summed E-state index contributed by atoms with van der Waals surface area (Å²) in [6, 6.07) is 2.87. The van der Waals surface area contributed by atoms with Gasteiger partial charge in [0.1, 0.15) is 0 Å². The molecule has 0 unspecified atom stereocenters. The molecule has 2 N–H and O–H groups in total. The molecule has 0 aromatic heterocycles. The van der Waals surface area contributed by atoms with Gasteiger partial charge in [0.15, 0.2) is 0 Å². The second-order valence-corrected chi connectivity index (χ2v) is 4.65. The first-order valence-corrected chi connectivity index (χ1v) is 6.09. The standard InChI is InChI=1S/C12H12ClF3N2O3/c1-18(5-4-12(14,15)16)11(21)17-9-6-7(13)2-3-8(9)10(19)20/h2-3,6H,4-5H2,1H3,(H,17,21)(H,19,20). The molecule has 0 aliphatic carbocycles. The van der Waals surface area contributed by atoms with Crippen molar-refractivity contribution in [2.24, 2.45) is 0 Å². The third-order valence-corrected chi connectivity index (χ3v) is 2.77. The number of carboxylic acid groups (broad SMARTS) is 1. The van der Waals surface area contributed by atoms with Gasteiger partial charge >= 0.3 is 18.2 Å². The number of hydrogen-bond donors (Lipinski definition) is 2. The van der Waals surface area contributed by atoms with Crippen LogP contribution >= 0.6 is 11.6 Å². The summed E-state index contributed by atoms with van der Waals surface area (Å²) in [5, 5.41) is 11.4. The summed E-state index contributed by atoms with van der Waals surface area (Å²) >= 11 is 5.70. The number of carboxylic acids is 1. The molecule has 21 heavy (non-hydrogen) atoms. The van der Waals surface area contributed by atoms with Crippen molar-refractivity contribution in [2.45, 2.75) is 12.6 Å². The maximum atomic E-state index is 12.1. The zero-order chi connectivity index (χ0) is 16.2. The second-order valence-electron chi connectivity index (χ2n) is 4.21. The average Bonchev–Trinajstić information content (AvgIpc) is 2.34. The summed E-state index contributed by atoms with van der Waals surface area (Å²) in [7, 11) is 1.17. The van der Waals surface area contributed by atoms with Gasteiger partial charge < -0.3 is 15.3 Å². The highest BCUT2D eigenvalue weighted by molar-refractivity contribution is 6.31. The normalized spacial score (nSPS) is 11.1. The van der Waals surface area contributed by atoms with Crippen LogP contribution in [0.15, 0.2) is 18.2 Å². The Morgan fingerprint density at radius 1 is 1.38 bits per heavy atom. The smallest absolute Gasteiger partial charge is 0.390 e. The van der Waals surface area contributed by atoms with Crippen LogP contribution < -0.4 is 5.32 Å². The van der Waals surface area contributed by atoms with Gasteiger partial charge in [-0.3, -0.25) is 0 Å². The fraction of sp³-hybridized carbons (Fsp3) is 0.333. The molecule has 0 radical (unpaired) electrons. The molecular formula is C12H12ClF3N2O3. The van der Waals surface area contributed by atoms with Crippen molar-refractivity contribution in [2.75, 3.05) is 18.9 Å². The summed E-state index contributed by atoms with van der Waals surface area (Å²) in [4.78, 5) is 23.5. The molecule has 0 atom stereocenters. The summed E-state index contributed by atoms with van der Waals surface area (Å²) in [5.41, 5.74) is -0.296. The number of benzene rings is 1. The first-order chi connectivity index (χ1) is 9.60. The molecule has 1 aromatic rings. The molecule has 0 aliphatic rings. The highest BCUT2D eigenvalue weighted by Gasteiger charge is 2.28. The lowest BCUT2D eigenvalue weighted by Crippen LogP contribution is -2.34. The first kappa shape index (κ1) is 17.1. The lowest BCUT2D eigenvalue weighted by molar-refractivity contribution is -0.135. The molecule has 0 saturated carbocycles. The Bertz CT molecular complexity index is 549. The molecule has 1 aromatic carbocycles. The maximum Gasteiger partial charge on any atom is 0.390 e. The Balaban J connectivity index is 2.78. The second kappa shape index (κ2) is 6.66. The number of alkyl halides is 3. The van der Waals surface area contributed by atoms with E-state index in [4.69, 9.17) is 16.7 Å². The predicted octanol–water partition coefficient (Wildman–Crippen LogP) is 3.45. The van der Waals surface area contributed by atoms with E-state index in [2.05, 4.69) is 5.32 Å². The van der Waals surface area contributed by atoms with Crippen LogP contribution in [0.5, 0.6) is 0 Å². The van der Waals surface area contributed by atoms with E-state index in [1.807, 2.05) is 0 Å². The zero-order valence-corrected chi connectivity index (χ0v) is 11.6. The van der Waals surface area contributed by atoms with E-state index in [-0.39, 0.29) is 16.3 Å². The molecule has 0 heterocycles. The van der Waals surface area contributed by atoms with Gasteiger partial charge in [0, 0.05) is 18.6 Å². The Hall–Kier alpha value is -1.96. The number of carbonyl (C=O) groups excluding carboxylic acids is 1. The zero-order valence-electron chi connectivity index (χ0n) is 10.9. The number of urea groups is 1. The van der Waals surface area contributed by atoms with Gasteiger partial charge in [0.2, 0.25) is 0 Å². The molecule has 0 fully saturated rings. The van der Waals surface area contributed by atoms with Crippen molar-refractivity contribution >= 4 is 29.3 Å². The van der Waals surface area contributed by atoms with Gasteiger partial charge in [-0.05, 0) is 18.2 Å². The van der Waals surface area contributed by atoms with Crippen LogP contribution in [-0.4, -0.2) is 41.8 Å². The first-order valence-electron chi connectivity index (χ1n) is 5.72. The van der Waals surface area contributed by atoms with E-state index in [1.54, 1.807) is 0 Å². The summed E-state index contributed by atoms with van der Waals surface area (Å²) in [6.07, 6.45) is -5.53. The Morgan fingerprint density at radius 2 is 2.00 bits per heavy atom. The fourth-order valence-corrected chi connectivity index (χ4v) is 1.59. The van der Waals surface area contributed by atoms with Crippen LogP contribution in [0.3, 0.4) is 0 Å². The van der Waals surface area contributed by atoms with E-state index < -0.39 is 31.1 Å². The summed E-state index contributed by atoms with van der Waals surface area (Å²) in [5.74, 6) is -1.29. The molecule has 116 valence electrons. The average molecular weight is 325 g/mol. The quantitative estimate of drug-likeness (QED) is 0.891. The number of aromatic carboxylic acids is 1. The minimum absolute atomic E-state index is 0.0844. The van der Waals surface area contributed by atoms with Crippen LogP contribution in [0.25, 0.3) is 0 Å². The summed E-state index contributed by atoms with van der Waals surface area (Å²) in [6.45, 7) is -0.543. The molecule has 5 nitrogen and oxygen atoms in total. The van der Waals surface area contributed by atoms with Crippen molar-refractivity contribution in [3.8, 4) is 0 Å². The van der Waals surface area contributed by atoms with E-state index >= 15 is 0 Å². The molecule has 0 saturated heterocycles. The van der Waals surface area contributed by atoms with E-state index in [0.29, 0.717) is 0 Å². The third kappa shape index (κ3) is 5.50. The molecule has 0 spiro atoms. The van der Waals surface area contributed by atoms with Gasteiger partial charge in [0.25, 0.3) is 0 Å². The van der Waals surface area contributed by atoms with Gasteiger partial charge in [-0.25, -0.2) is 9.59 Å². The number of nitrogens with one attached hydrogen (secondary N) is 1. The van der Waals surface area contributed by atoms with Crippen LogP contribution in [-0.2, 0) is 0 Å². The predicted molar refractivity (Wildman–Crippen MR) is 70.7 cm³/mol. The van der Waals surface area contributed by atoms with Crippen LogP contribution in [0.1, 0.15) is 16.8 Å². The van der Waals surface area contributed by atoms with E-state index in [9.17, 15) is 22.8 Å². The van der Waals surface area contributed by atoms with Crippen molar-refractivity contribution in [3.63, 3.8) is 0 Å². The third-order valence-electron chi connectivity index (χ3n) is 2.53. The minimum atomic E-state index is -4.38. The fourth-order valence-electron chi connectivity index (χ4n) is 1.41. The van der Waals surface area contributed by atoms with E-state index in [1.165, 1.54) is 25.2 Å². The lowest BCUT2D eigenvalue weighted by Gasteiger charge is -2.19. The number of anilines is 1. The van der Waals surface area contributed by atoms with Gasteiger partial charge in [-0.15, -0.1) is 0 Å². The van der Waals surface area contributed by atoms with E-state index in [0.717, 1.165) is 4.90 Å². The minimum Gasteiger partial charge on any atom is -0.478 e. The summed E-state index contributed by atoms with van der Waals surface area (Å²) < 4.78 is 36.2. The van der Waals surface area contributed by atoms with Crippen molar-refractivity contribution < 1.29 is 27.9 Å². The Kier molecular flexibility index (Phi) is 5.42. The van der Waals surface area contributed by atoms with Crippen LogP contribution in [0.2, 0.25) is 5.02 Å². The monoisotopic (exact) mass is 324 g/mol.